The molecule has 0 spiro atoms. The van der Waals surface area contributed by atoms with Crippen LogP contribution in [0, 0.1) is 0 Å². The Kier molecular flexibility index (Phi) is 7.80. The van der Waals surface area contributed by atoms with E-state index in [0.29, 0.717) is 0 Å². The first-order valence-electron chi connectivity index (χ1n) is 11.2. The molecule has 0 atom stereocenters. The molecule has 6 heteroatoms. The van der Waals surface area contributed by atoms with Crippen molar-refractivity contribution in [3.8, 4) is 0 Å². The normalized spacial score (nSPS) is 11.5. The Hall–Kier alpha value is -3.40. The summed E-state index contributed by atoms with van der Waals surface area (Å²) in [4.78, 5) is 14.2. The summed E-state index contributed by atoms with van der Waals surface area (Å²) in [7, 11) is 9.53. The van der Waals surface area contributed by atoms with Gasteiger partial charge in [-0.25, -0.2) is 0 Å². The van der Waals surface area contributed by atoms with Crippen molar-refractivity contribution >= 4 is 76.3 Å². The van der Waals surface area contributed by atoms with Gasteiger partial charge in [-0.05, 0) is 28.3 Å². The van der Waals surface area contributed by atoms with Crippen molar-refractivity contribution in [1.29, 1.82) is 0 Å². The second-order valence-corrected chi connectivity index (χ2v) is 9.85. The van der Waals surface area contributed by atoms with Gasteiger partial charge in [0.2, 0.25) is 0 Å². The molecule has 0 saturated heterocycles. The summed E-state index contributed by atoms with van der Waals surface area (Å²) < 4.78 is 0. The molecular formula is C30H20Cl2FeN3. The summed E-state index contributed by atoms with van der Waals surface area (Å²) in [5.41, 5.74) is 3.53. The zero-order valence-corrected chi connectivity index (χ0v) is 21.6. The second kappa shape index (κ2) is 11.6. The number of benzene rings is 5. The Labute approximate surface area is 224 Å². The molecule has 5 aromatic carbocycles. The van der Waals surface area contributed by atoms with Gasteiger partial charge in [0, 0.05) is 28.6 Å². The van der Waals surface area contributed by atoms with Crippen molar-refractivity contribution < 1.29 is 13.1 Å². The van der Waals surface area contributed by atoms with Crippen molar-refractivity contribution in [3.63, 3.8) is 0 Å². The van der Waals surface area contributed by atoms with Gasteiger partial charge in [-0.1, -0.05) is 97.1 Å². The fraction of sp³-hybridized carbons (Fsp3) is 0. The van der Waals surface area contributed by atoms with Gasteiger partial charge in [-0.2, -0.15) is 0 Å². The molecule has 0 unspecified atom stereocenters. The summed E-state index contributed by atoms with van der Waals surface area (Å²) in [5.74, 6) is 0. The summed E-state index contributed by atoms with van der Waals surface area (Å²) in [6.07, 6.45) is 3.65. The molecule has 0 fully saturated rings. The van der Waals surface area contributed by atoms with Crippen LogP contribution in [0.4, 0.5) is 11.4 Å². The first kappa shape index (κ1) is 24.3. The zero-order valence-electron chi connectivity index (χ0n) is 19.0. The van der Waals surface area contributed by atoms with Crippen molar-refractivity contribution in [3.05, 3.63) is 121 Å². The van der Waals surface area contributed by atoms with E-state index in [9.17, 15) is 0 Å². The average Bonchev–Trinajstić information content (AvgIpc) is 3.38. The first-order chi connectivity index (χ1) is 17.8. The van der Waals surface area contributed by atoms with Gasteiger partial charge >= 0.3 is 33.3 Å². The maximum atomic E-state index is 4.87. The third-order valence-corrected chi connectivity index (χ3v) is 5.85. The van der Waals surface area contributed by atoms with E-state index < -0.39 is 0 Å². The third-order valence-electron chi connectivity index (χ3n) is 5.85. The molecule has 0 bridgehead atoms. The van der Waals surface area contributed by atoms with Gasteiger partial charge in [-0.15, -0.1) is 11.4 Å². The number of aromatic nitrogens is 1. The zero-order chi connectivity index (χ0) is 24.7. The van der Waals surface area contributed by atoms with Gasteiger partial charge in [0.05, 0.1) is 11.4 Å². The van der Waals surface area contributed by atoms with Gasteiger partial charge in [0.1, 0.15) is 0 Å². The van der Waals surface area contributed by atoms with Crippen LogP contribution in [0.15, 0.2) is 119 Å². The fourth-order valence-corrected chi connectivity index (χ4v) is 4.25. The molecule has 36 heavy (non-hydrogen) atoms. The van der Waals surface area contributed by atoms with Crippen LogP contribution < -0.4 is 4.98 Å². The molecule has 0 aliphatic heterocycles. The van der Waals surface area contributed by atoms with Crippen molar-refractivity contribution in [2.45, 2.75) is 0 Å². The van der Waals surface area contributed by atoms with Crippen LogP contribution in [0.2, 0.25) is 0 Å². The SMILES string of the molecule is C(=Nc1cccc2ccccc12)c1ccc(C=Nc2c3ccccc3cc3ccccc23)[n-]1.[Cl][Fe+][Cl]. The molecule has 6 aromatic rings. The molecule has 1 aromatic heterocycles. The number of fused-ring (bicyclic) bond motifs is 3. The van der Waals surface area contributed by atoms with Gasteiger partial charge in [0.25, 0.3) is 0 Å². The third kappa shape index (κ3) is 5.38. The van der Waals surface area contributed by atoms with E-state index in [-0.39, 0.29) is 13.1 Å². The molecule has 0 aliphatic rings. The molecule has 0 aliphatic carbocycles. The van der Waals surface area contributed by atoms with E-state index in [4.69, 9.17) is 25.2 Å². The summed E-state index contributed by atoms with van der Waals surface area (Å²) in [6.45, 7) is 0. The van der Waals surface area contributed by atoms with Gasteiger partial charge in [-0.3, -0.25) is 9.98 Å². The first-order valence-corrected chi connectivity index (χ1v) is 14.3. The molecule has 1 heterocycles. The Morgan fingerprint density at radius 2 is 1.06 bits per heavy atom. The number of halogens is 2. The summed E-state index contributed by atoms with van der Waals surface area (Å²) in [5, 5.41) is 6.95. The number of nitrogens with zero attached hydrogens (tertiary/aromatic N) is 3. The molecule has 0 amide bonds. The van der Waals surface area contributed by atoms with Crippen LogP contribution in [-0.2, 0) is 13.1 Å². The van der Waals surface area contributed by atoms with Gasteiger partial charge in [0.15, 0.2) is 0 Å². The summed E-state index contributed by atoms with van der Waals surface area (Å²) >= 11 is 0.194. The molecule has 0 saturated carbocycles. The monoisotopic (exact) mass is 548 g/mol. The Bertz CT molecular complexity index is 1650. The van der Waals surface area contributed by atoms with E-state index >= 15 is 0 Å². The van der Waals surface area contributed by atoms with Crippen molar-refractivity contribution in [1.82, 2.24) is 4.98 Å². The minimum absolute atomic E-state index is 0.194. The van der Waals surface area contributed by atoms with Crippen LogP contribution in [0.3, 0.4) is 0 Å². The van der Waals surface area contributed by atoms with Crippen LogP contribution in [0.25, 0.3) is 32.3 Å². The molecule has 0 radical (unpaired) electrons. The number of hydrogen-bond acceptors (Lipinski definition) is 2. The minimum atomic E-state index is 0.194. The fourth-order valence-electron chi connectivity index (χ4n) is 4.25. The standard InChI is InChI=1S/C30H20N3.2ClH.Fe/c1-4-12-26-21(8-1)11-7-15-29(26)31-19-24-16-17-25(33-24)20-32-30-27-13-5-2-9-22(27)18-23-10-3-6-14-28(23)30;;;/h1-20H;2*1H;/q-1;;;+3/p-2. The summed E-state index contributed by atoms with van der Waals surface area (Å²) in [6, 6.07) is 37.3. The molecular weight excluding hydrogens is 529 g/mol. The van der Waals surface area contributed by atoms with Crippen LogP contribution in [0.1, 0.15) is 11.4 Å². The van der Waals surface area contributed by atoms with E-state index in [1.807, 2.05) is 48.8 Å². The maximum absolute atomic E-state index is 4.87. The topological polar surface area (TPSA) is 38.8 Å². The van der Waals surface area contributed by atoms with Crippen molar-refractivity contribution in [2.24, 2.45) is 9.98 Å². The predicted molar refractivity (Wildman–Crippen MR) is 151 cm³/mol. The number of hydrogen-bond donors (Lipinski definition) is 0. The van der Waals surface area contributed by atoms with Crippen LogP contribution >= 0.6 is 20.2 Å². The Morgan fingerprint density at radius 3 is 1.69 bits per heavy atom. The molecule has 0 N–H and O–H groups in total. The van der Waals surface area contributed by atoms with E-state index in [1.54, 1.807) is 0 Å². The quantitative estimate of drug-likeness (QED) is 0.123. The van der Waals surface area contributed by atoms with E-state index in [2.05, 4.69) is 82.8 Å². The average molecular weight is 549 g/mol. The molecule has 3 nitrogen and oxygen atoms in total. The van der Waals surface area contributed by atoms with Crippen molar-refractivity contribution in [2.75, 3.05) is 0 Å². The number of aliphatic imine (C=N–C) groups is 2. The van der Waals surface area contributed by atoms with E-state index in [0.717, 1.165) is 38.9 Å². The van der Waals surface area contributed by atoms with Gasteiger partial charge < -0.3 is 4.98 Å². The van der Waals surface area contributed by atoms with E-state index in [1.165, 1.54) is 16.2 Å². The second-order valence-electron chi connectivity index (χ2n) is 8.03. The molecule has 6 rings (SSSR count). The Morgan fingerprint density at radius 1 is 0.556 bits per heavy atom. The predicted octanol–water partition coefficient (Wildman–Crippen LogP) is 8.98. The Balaban J connectivity index is 0.000000848. The van der Waals surface area contributed by atoms with Crippen LogP contribution in [0.5, 0.6) is 0 Å². The molecule has 177 valence electrons. The number of rotatable bonds is 4. The van der Waals surface area contributed by atoms with Crippen LogP contribution in [-0.4, -0.2) is 12.4 Å².